The number of aliphatic hydroxyl groups is 2. The Morgan fingerprint density at radius 2 is 1.61 bits per heavy atom. The van der Waals surface area contributed by atoms with Gasteiger partial charge in [0.2, 0.25) is 0 Å². The van der Waals surface area contributed by atoms with Gasteiger partial charge in [-0.25, -0.2) is 4.79 Å². The number of imide groups is 1. The minimum Gasteiger partial charge on any atom is -0.465 e. The molecule has 0 saturated carbocycles. The van der Waals surface area contributed by atoms with Gasteiger partial charge in [-0.2, -0.15) is 0 Å². The van der Waals surface area contributed by atoms with Gasteiger partial charge in [-0.1, -0.05) is 6.92 Å². The molecule has 0 bridgehead atoms. The van der Waals surface area contributed by atoms with Crippen LogP contribution in [0.25, 0.3) is 0 Å². The van der Waals surface area contributed by atoms with Gasteiger partial charge in [0.25, 0.3) is 11.8 Å². The molecular weight excluding hydrogens is 310 g/mol. The van der Waals surface area contributed by atoms with Crippen molar-refractivity contribution in [3.8, 4) is 0 Å². The van der Waals surface area contributed by atoms with Crippen molar-refractivity contribution in [1.82, 2.24) is 5.06 Å². The molecule has 1 rings (SSSR count). The Labute approximate surface area is 133 Å². The van der Waals surface area contributed by atoms with Gasteiger partial charge in [0, 0.05) is 12.8 Å². The predicted molar refractivity (Wildman–Crippen MR) is 74.3 cm³/mol. The number of esters is 1. The van der Waals surface area contributed by atoms with Crippen LogP contribution in [0.1, 0.15) is 39.0 Å². The quantitative estimate of drug-likeness (QED) is 0.419. The minimum absolute atomic E-state index is 0.00439. The molecule has 0 spiro atoms. The van der Waals surface area contributed by atoms with Crippen LogP contribution in [0.5, 0.6) is 0 Å². The number of carbonyl (C=O) groups excluding carboxylic acids is 4. The third kappa shape index (κ3) is 5.29. The number of hydrogen-bond acceptors (Lipinski definition) is 8. The second-order valence-corrected chi connectivity index (χ2v) is 5.38. The van der Waals surface area contributed by atoms with E-state index in [2.05, 4.69) is 4.84 Å². The van der Waals surface area contributed by atoms with Gasteiger partial charge in [-0.3, -0.25) is 14.4 Å². The fourth-order valence-corrected chi connectivity index (χ4v) is 1.78. The third-order valence-electron chi connectivity index (χ3n) is 3.69. The Bertz CT molecular complexity index is 447. The SMILES string of the molecule is CCC(CO)(CO)COC(=O)CCC(=O)ON1C(=O)CCC1=O. The molecule has 0 aromatic rings. The summed E-state index contributed by atoms with van der Waals surface area (Å²) in [5, 5.41) is 18.9. The van der Waals surface area contributed by atoms with Crippen LogP contribution in [0, 0.1) is 5.41 Å². The van der Waals surface area contributed by atoms with Crippen LogP contribution >= 0.6 is 0 Å². The molecule has 0 aliphatic carbocycles. The second kappa shape index (κ2) is 8.59. The molecule has 1 saturated heterocycles. The first-order valence-corrected chi connectivity index (χ1v) is 7.31. The lowest BCUT2D eigenvalue weighted by Gasteiger charge is -2.27. The maximum absolute atomic E-state index is 11.6. The number of aliphatic hydroxyl groups excluding tert-OH is 2. The molecular formula is C14H21NO8. The van der Waals surface area contributed by atoms with Gasteiger partial charge in [0.05, 0.1) is 31.5 Å². The summed E-state index contributed by atoms with van der Waals surface area (Å²) in [4.78, 5) is 50.2. The minimum atomic E-state index is -0.912. The van der Waals surface area contributed by atoms with E-state index in [1.54, 1.807) is 6.92 Å². The van der Waals surface area contributed by atoms with Crippen molar-refractivity contribution >= 4 is 23.8 Å². The van der Waals surface area contributed by atoms with Gasteiger partial charge < -0.3 is 19.8 Å². The highest BCUT2D eigenvalue weighted by Crippen LogP contribution is 2.21. The summed E-state index contributed by atoms with van der Waals surface area (Å²) in [7, 11) is 0. The highest BCUT2D eigenvalue weighted by atomic mass is 16.7. The number of amides is 2. The van der Waals surface area contributed by atoms with E-state index in [-0.39, 0.29) is 45.5 Å². The summed E-state index contributed by atoms with van der Waals surface area (Å²) >= 11 is 0. The number of hydrogen-bond donors (Lipinski definition) is 2. The Balaban J connectivity index is 2.34. The first-order valence-electron chi connectivity index (χ1n) is 7.31. The molecule has 1 aliphatic heterocycles. The van der Waals surface area contributed by atoms with Gasteiger partial charge in [0.1, 0.15) is 6.61 Å². The van der Waals surface area contributed by atoms with Crippen LogP contribution in [-0.4, -0.2) is 58.8 Å². The molecule has 1 aliphatic rings. The molecule has 130 valence electrons. The number of carbonyl (C=O) groups is 4. The van der Waals surface area contributed by atoms with E-state index in [1.165, 1.54) is 0 Å². The van der Waals surface area contributed by atoms with E-state index in [4.69, 9.17) is 4.74 Å². The molecule has 0 aromatic carbocycles. The topological polar surface area (TPSA) is 130 Å². The molecule has 2 N–H and O–H groups in total. The Kier molecular flexibility index (Phi) is 7.11. The van der Waals surface area contributed by atoms with Crippen molar-refractivity contribution in [3.63, 3.8) is 0 Å². The Hall–Kier alpha value is -2.00. The Morgan fingerprint density at radius 1 is 1.09 bits per heavy atom. The third-order valence-corrected chi connectivity index (χ3v) is 3.69. The van der Waals surface area contributed by atoms with Crippen LogP contribution in [0.15, 0.2) is 0 Å². The predicted octanol–water partition coefficient (Wildman–Crippen LogP) is -0.702. The zero-order chi connectivity index (χ0) is 17.5. The maximum atomic E-state index is 11.6. The number of rotatable bonds is 9. The van der Waals surface area contributed by atoms with Crippen molar-refractivity contribution in [3.05, 3.63) is 0 Å². The highest BCUT2D eigenvalue weighted by molar-refractivity contribution is 6.01. The van der Waals surface area contributed by atoms with Gasteiger partial charge in [0.15, 0.2) is 0 Å². The monoisotopic (exact) mass is 331 g/mol. The highest BCUT2D eigenvalue weighted by Gasteiger charge is 2.33. The van der Waals surface area contributed by atoms with Crippen LogP contribution in [0.4, 0.5) is 0 Å². The largest absolute Gasteiger partial charge is 0.465 e. The maximum Gasteiger partial charge on any atom is 0.333 e. The second-order valence-electron chi connectivity index (χ2n) is 5.38. The van der Waals surface area contributed by atoms with E-state index >= 15 is 0 Å². The summed E-state index contributed by atoms with van der Waals surface area (Å²) in [6.45, 7) is 0.887. The van der Waals surface area contributed by atoms with E-state index in [9.17, 15) is 29.4 Å². The lowest BCUT2D eigenvalue weighted by molar-refractivity contribution is -0.197. The van der Waals surface area contributed by atoms with Gasteiger partial charge in [-0.15, -0.1) is 5.06 Å². The van der Waals surface area contributed by atoms with Crippen molar-refractivity contribution < 1.29 is 39.0 Å². The van der Waals surface area contributed by atoms with Gasteiger partial charge >= 0.3 is 11.9 Å². The summed E-state index contributed by atoms with van der Waals surface area (Å²) in [6, 6.07) is 0. The summed E-state index contributed by atoms with van der Waals surface area (Å²) in [5.41, 5.74) is -0.912. The first-order chi connectivity index (χ1) is 10.9. The average Bonchev–Trinajstić information content (AvgIpc) is 2.86. The summed E-state index contributed by atoms with van der Waals surface area (Å²) in [5.74, 6) is -2.79. The molecule has 0 atom stereocenters. The molecule has 9 heteroatoms. The van der Waals surface area contributed by atoms with Crippen molar-refractivity contribution in [2.45, 2.75) is 39.0 Å². The standard InChI is InChI=1S/C14H21NO8/c1-2-14(7-16,8-17)9-22-12(20)5-6-13(21)23-15-10(18)3-4-11(15)19/h16-17H,2-9H2,1H3. The van der Waals surface area contributed by atoms with Crippen molar-refractivity contribution in [2.75, 3.05) is 19.8 Å². The van der Waals surface area contributed by atoms with E-state index in [0.29, 0.717) is 11.5 Å². The lowest BCUT2D eigenvalue weighted by atomic mass is 9.88. The van der Waals surface area contributed by atoms with E-state index < -0.39 is 29.2 Å². The zero-order valence-electron chi connectivity index (χ0n) is 12.9. The van der Waals surface area contributed by atoms with Crippen LogP contribution in [0.3, 0.4) is 0 Å². The fourth-order valence-electron chi connectivity index (χ4n) is 1.78. The van der Waals surface area contributed by atoms with E-state index in [0.717, 1.165) is 0 Å². The molecule has 0 aromatic heterocycles. The average molecular weight is 331 g/mol. The Morgan fingerprint density at radius 3 is 2.09 bits per heavy atom. The summed E-state index contributed by atoms with van der Waals surface area (Å²) < 4.78 is 4.93. The van der Waals surface area contributed by atoms with Crippen molar-refractivity contribution in [1.29, 1.82) is 0 Å². The number of nitrogens with zero attached hydrogens (tertiary/aromatic N) is 1. The zero-order valence-corrected chi connectivity index (χ0v) is 12.9. The van der Waals surface area contributed by atoms with E-state index in [1.807, 2.05) is 0 Å². The van der Waals surface area contributed by atoms with Crippen LogP contribution < -0.4 is 0 Å². The first kappa shape index (κ1) is 19.0. The van der Waals surface area contributed by atoms with Crippen LogP contribution in [-0.2, 0) is 28.8 Å². The molecule has 1 heterocycles. The molecule has 9 nitrogen and oxygen atoms in total. The smallest absolute Gasteiger partial charge is 0.333 e. The normalized spacial score (nSPS) is 15.0. The molecule has 0 radical (unpaired) electrons. The lowest BCUT2D eigenvalue weighted by Crippen LogP contribution is -2.35. The molecule has 23 heavy (non-hydrogen) atoms. The fraction of sp³-hybridized carbons (Fsp3) is 0.714. The number of hydroxylamine groups is 2. The molecule has 1 fully saturated rings. The molecule has 2 amide bonds. The summed E-state index contributed by atoms with van der Waals surface area (Å²) in [6.07, 6.45) is -0.251. The molecule has 0 unspecified atom stereocenters. The van der Waals surface area contributed by atoms with Crippen LogP contribution in [0.2, 0.25) is 0 Å². The van der Waals surface area contributed by atoms with Gasteiger partial charge in [-0.05, 0) is 6.42 Å². The van der Waals surface area contributed by atoms with Crippen molar-refractivity contribution in [2.24, 2.45) is 5.41 Å². The number of ether oxygens (including phenoxy) is 1.